The SMILES string of the molecule is C=CCC(C(=O)NC(C)C)c1ccc(Br)cc1OC. The Balaban J connectivity index is 3.11. The third kappa shape index (κ3) is 4.39. The molecular weight excluding hydrogens is 306 g/mol. The molecule has 1 aromatic carbocycles. The Morgan fingerprint density at radius 1 is 1.53 bits per heavy atom. The van der Waals surface area contributed by atoms with Crippen molar-refractivity contribution in [3.63, 3.8) is 0 Å². The zero-order chi connectivity index (χ0) is 14.4. The summed E-state index contributed by atoms with van der Waals surface area (Å²) in [6.45, 7) is 7.62. The first-order chi connectivity index (χ1) is 8.99. The van der Waals surface area contributed by atoms with E-state index < -0.39 is 0 Å². The molecule has 0 saturated heterocycles. The molecule has 0 aliphatic heterocycles. The van der Waals surface area contributed by atoms with Gasteiger partial charge in [0.2, 0.25) is 5.91 Å². The van der Waals surface area contributed by atoms with Crippen molar-refractivity contribution in [2.75, 3.05) is 7.11 Å². The highest BCUT2D eigenvalue weighted by atomic mass is 79.9. The Bertz CT molecular complexity index is 457. The third-order valence-corrected chi connectivity index (χ3v) is 3.21. The molecule has 1 atom stereocenters. The van der Waals surface area contributed by atoms with E-state index in [1.54, 1.807) is 13.2 Å². The van der Waals surface area contributed by atoms with Crippen LogP contribution in [0.15, 0.2) is 35.3 Å². The topological polar surface area (TPSA) is 38.3 Å². The molecule has 1 unspecified atom stereocenters. The second-order valence-electron chi connectivity index (χ2n) is 4.63. The van der Waals surface area contributed by atoms with Crippen LogP contribution < -0.4 is 10.1 Å². The lowest BCUT2D eigenvalue weighted by molar-refractivity contribution is -0.123. The number of amides is 1. The van der Waals surface area contributed by atoms with Crippen LogP contribution in [0.25, 0.3) is 0 Å². The van der Waals surface area contributed by atoms with Gasteiger partial charge in [-0.1, -0.05) is 28.1 Å². The molecule has 1 aromatic rings. The van der Waals surface area contributed by atoms with Gasteiger partial charge in [0.05, 0.1) is 13.0 Å². The Morgan fingerprint density at radius 3 is 2.74 bits per heavy atom. The van der Waals surface area contributed by atoms with Crippen molar-refractivity contribution < 1.29 is 9.53 Å². The highest BCUT2D eigenvalue weighted by Crippen LogP contribution is 2.32. The number of methoxy groups -OCH3 is 1. The second kappa shape index (κ2) is 7.34. The highest BCUT2D eigenvalue weighted by molar-refractivity contribution is 9.10. The first-order valence-electron chi connectivity index (χ1n) is 6.24. The van der Waals surface area contributed by atoms with Crippen LogP contribution in [-0.4, -0.2) is 19.1 Å². The average Bonchev–Trinajstić information content (AvgIpc) is 2.35. The van der Waals surface area contributed by atoms with Crippen molar-refractivity contribution in [2.24, 2.45) is 0 Å². The molecule has 19 heavy (non-hydrogen) atoms. The number of allylic oxidation sites excluding steroid dienone is 1. The summed E-state index contributed by atoms with van der Waals surface area (Å²) in [5, 5.41) is 2.94. The Kier molecular flexibility index (Phi) is 6.09. The summed E-state index contributed by atoms with van der Waals surface area (Å²) in [4.78, 5) is 12.3. The summed E-state index contributed by atoms with van der Waals surface area (Å²) in [5.41, 5.74) is 0.878. The van der Waals surface area contributed by atoms with Crippen molar-refractivity contribution in [3.05, 3.63) is 40.9 Å². The van der Waals surface area contributed by atoms with Crippen molar-refractivity contribution in [3.8, 4) is 5.75 Å². The maximum absolute atomic E-state index is 12.3. The lowest BCUT2D eigenvalue weighted by Crippen LogP contribution is -2.34. The zero-order valence-corrected chi connectivity index (χ0v) is 13.2. The van der Waals surface area contributed by atoms with E-state index >= 15 is 0 Å². The summed E-state index contributed by atoms with van der Waals surface area (Å²) in [7, 11) is 1.61. The molecule has 0 spiro atoms. The zero-order valence-electron chi connectivity index (χ0n) is 11.6. The van der Waals surface area contributed by atoms with Gasteiger partial charge in [0.1, 0.15) is 5.75 Å². The minimum Gasteiger partial charge on any atom is -0.496 e. The summed E-state index contributed by atoms with van der Waals surface area (Å²) in [6, 6.07) is 5.81. The number of halogens is 1. The van der Waals surface area contributed by atoms with Gasteiger partial charge in [0.15, 0.2) is 0 Å². The van der Waals surface area contributed by atoms with E-state index in [1.165, 1.54) is 0 Å². The molecule has 0 saturated carbocycles. The molecule has 1 N–H and O–H groups in total. The summed E-state index contributed by atoms with van der Waals surface area (Å²) >= 11 is 3.40. The van der Waals surface area contributed by atoms with Gasteiger partial charge in [-0.3, -0.25) is 4.79 Å². The Hall–Kier alpha value is -1.29. The van der Waals surface area contributed by atoms with Crippen molar-refractivity contribution >= 4 is 21.8 Å². The predicted molar refractivity (Wildman–Crippen MR) is 81.5 cm³/mol. The molecule has 0 radical (unpaired) electrons. The Morgan fingerprint density at radius 2 is 2.21 bits per heavy atom. The van der Waals surface area contributed by atoms with Crippen LogP contribution in [0, 0.1) is 0 Å². The van der Waals surface area contributed by atoms with Crippen molar-refractivity contribution in [2.45, 2.75) is 32.2 Å². The maximum atomic E-state index is 12.3. The normalized spacial score (nSPS) is 12.1. The molecule has 1 rings (SSSR count). The first-order valence-corrected chi connectivity index (χ1v) is 7.03. The van der Waals surface area contributed by atoms with Crippen LogP contribution in [0.4, 0.5) is 0 Å². The first kappa shape index (κ1) is 15.8. The fourth-order valence-electron chi connectivity index (χ4n) is 1.90. The standard InChI is InChI=1S/C15H20BrNO2/c1-5-6-13(15(18)17-10(2)3)12-8-7-11(16)9-14(12)19-4/h5,7-10,13H,1,6H2,2-4H3,(H,17,18). The van der Waals surface area contributed by atoms with Crippen LogP contribution >= 0.6 is 15.9 Å². The molecule has 4 heteroatoms. The number of hydrogen-bond acceptors (Lipinski definition) is 2. The Labute approximate surface area is 123 Å². The minimum atomic E-state index is -0.275. The van der Waals surface area contributed by atoms with E-state index in [9.17, 15) is 4.79 Å². The second-order valence-corrected chi connectivity index (χ2v) is 5.54. The smallest absolute Gasteiger partial charge is 0.228 e. The van der Waals surface area contributed by atoms with Crippen LogP contribution in [0.5, 0.6) is 5.75 Å². The molecule has 0 bridgehead atoms. The van der Waals surface area contributed by atoms with Crippen molar-refractivity contribution in [1.82, 2.24) is 5.32 Å². The summed E-state index contributed by atoms with van der Waals surface area (Å²) in [5.74, 6) is 0.429. The molecule has 1 amide bonds. The van der Waals surface area contributed by atoms with Crippen LogP contribution in [0.2, 0.25) is 0 Å². The minimum absolute atomic E-state index is 0.00415. The predicted octanol–water partition coefficient (Wildman–Crippen LogP) is 3.64. The van der Waals surface area contributed by atoms with E-state index in [0.29, 0.717) is 12.2 Å². The molecule has 0 aliphatic carbocycles. The average molecular weight is 326 g/mol. The van der Waals surface area contributed by atoms with Gasteiger partial charge in [0.25, 0.3) is 0 Å². The van der Waals surface area contributed by atoms with Crippen LogP contribution in [-0.2, 0) is 4.79 Å². The number of rotatable bonds is 6. The summed E-state index contributed by atoms with van der Waals surface area (Å²) < 4.78 is 6.29. The van der Waals surface area contributed by atoms with E-state index in [0.717, 1.165) is 10.0 Å². The van der Waals surface area contributed by atoms with Gasteiger partial charge in [-0.25, -0.2) is 0 Å². The van der Waals surface area contributed by atoms with Gasteiger partial charge < -0.3 is 10.1 Å². The van der Waals surface area contributed by atoms with E-state index in [4.69, 9.17) is 4.74 Å². The van der Waals surface area contributed by atoms with Gasteiger partial charge in [-0.2, -0.15) is 0 Å². The lowest BCUT2D eigenvalue weighted by Gasteiger charge is -2.20. The number of ether oxygens (including phenoxy) is 1. The number of nitrogens with one attached hydrogen (secondary N) is 1. The molecule has 0 heterocycles. The van der Waals surface area contributed by atoms with Crippen molar-refractivity contribution in [1.29, 1.82) is 0 Å². The molecule has 3 nitrogen and oxygen atoms in total. The fourth-order valence-corrected chi connectivity index (χ4v) is 2.24. The van der Waals surface area contributed by atoms with E-state index in [1.807, 2.05) is 32.0 Å². The molecule has 0 aromatic heterocycles. The molecule has 104 valence electrons. The third-order valence-electron chi connectivity index (χ3n) is 2.72. The maximum Gasteiger partial charge on any atom is 0.228 e. The van der Waals surface area contributed by atoms with Crippen LogP contribution in [0.3, 0.4) is 0 Å². The van der Waals surface area contributed by atoms with Crippen LogP contribution in [0.1, 0.15) is 31.7 Å². The number of carbonyl (C=O) groups excluding carboxylic acids is 1. The quantitative estimate of drug-likeness (QED) is 0.811. The lowest BCUT2D eigenvalue weighted by atomic mass is 9.93. The van der Waals surface area contributed by atoms with Gasteiger partial charge >= 0.3 is 0 Å². The van der Waals surface area contributed by atoms with Gasteiger partial charge in [0, 0.05) is 16.1 Å². The van der Waals surface area contributed by atoms with Gasteiger partial charge in [-0.05, 0) is 32.4 Å². The molecule has 0 aliphatic rings. The number of carbonyl (C=O) groups is 1. The molecular formula is C15H20BrNO2. The summed E-state index contributed by atoms with van der Waals surface area (Å²) in [6.07, 6.45) is 2.34. The van der Waals surface area contributed by atoms with Gasteiger partial charge in [-0.15, -0.1) is 6.58 Å². The van der Waals surface area contributed by atoms with E-state index in [-0.39, 0.29) is 17.9 Å². The number of benzene rings is 1. The monoisotopic (exact) mass is 325 g/mol. The highest BCUT2D eigenvalue weighted by Gasteiger charge is 2.23. The number of hydrogen-bond donors (Lipinski definition) is 1. The fraction of sp³-hybridized carbons (Fsp3) is 0.400. The largest absolute Gasteiger partial charge is 0.496 e. The van der Waals surface area contributed by atoms with E-state index in [2.05, 4.69) is 27.8 Å². The molecule has 0 fully saturated rings.